The van der Waals surface area contributed by atoms with Gasteiger partial charge in [-0.2, -0.15) is 0 Å². The van der Waals surface area contributed by atoms with E-state index in [0.29, 0.717) is 60.8 Å². The van der Waals surface area contributed by atoms with Crippen molar-refractivity contribution in [1.82, 2.24) is 31.1 Å². The number of ether oxygens (including phenoxy) is 2. The summed E-state index contributed by atoms with van der Waals surface area (Å²) >= 11 is 0. The molecule has 82 heavy (non-hydrogen) atoms. The Balaban J connectivity index is 0.859. The van der Waals surface area contributed by atoms with Crippen LogP contribution >= 0.6 is 0 Å². The van der Waals surface area contributed by atoms with Gasteiger partial charge in [0.2, 0.25) is 11.8 Å². The lowest BCUT2D eigenvalue weighted by Crippen LogP contribution is -2.31. The molecule has 6 aromatic rings. The van der Waals surface area contributed by atoms with E-state index in [0.717, 1.165) is 22.3 Å². The summed E-state index contributed by atoms with van der Waals surface area (Å²) in [6.07, 6.45) is 2.74. The van der Waals surface area contributed by atoms with Gasteiger partial charge < -0.3 is 40.5 Å². The van der Waals surface area contributed by atoms with Gasteiger partial charge >= 0.3 is 11.9 Å². The second-order valence-electron chi connectivity index (χ2n) is 20.3. The van der Waals surface area contributed by atoms with Gasteiger partial charge in [-0.05, 0) is 132 Å². The maximum absolute atomic E-state index is 13.8. The first-order chi connectivity index (χ1) is 39.8. The minimum atomic E-state index is -0.508. The third-order valence-electron chi connectivity index (χ3n) is 14.3. The molecule has 8 rings (SSSR count). The van der Waals surface area contributed by atoms with Gasteiger partial charge in [0, 0.05) is 78.0 Å². The molecule has 0 saturated heterocycles. The summed E-state index contributed by atoms with van der Waals surface area (Å²) in [4.78, 5) is 111. The Morgan fingerprint density at radius 1 is 0.378 bits per heavy atom. The maximum atomic E-state index is 13.8. The lowest BCUT2D eigenvalue weighted by Gasteiger charge is -2.18. The van der Waals surface area contributed by atoms with E-state index in [1.807, 2.05) is 60.7 Å². The van der Waals surface area contributed by atoms with E-state index in [2.05, 4.69) is 21.3 Å². The molecule has 6 aromatic carbocycles. The molecule has 0 spiro atoms. The molecule has 0 saturated carbocycles. The van der Waals surface area contributed by atoms with Gasteiger partial charge in [-0.3, -0.25) is 38.4 Å². The van der Waals surface area contributed by atoms with Gasteiger partial charge in [-0.25, -0.2) is 8.78 Å². The normalized spacial score (nSPS) is 12.2. The minimum absolute atomic E-state index is 0.109. The predicted octanol–water partition coefficient (Wildman–Crippen LogP) is 8.36. The Morgan fingerprint density at radius 3 is 1.02 bits per heavy atom. The van der Waals surface area contributed by atoms with Crippen molar-refractivity contribution in [2.45, 2.75) is 104 Å². The van der Waals surface area contributed by atoms with Crippen LogP contribution in [-0.2, 0) is 80.9 Å². The smallest absolute Gasteiger partial charge is 0.306 e. The number of fused-ring (bicyclic) bond motifs is 2. The van der Waals surface area contributed by atoms with Gasteiger partial charge in [0.05, 0.1) is 22.3 Å². The van der Waals surface area contributed by atoms with E-state index in [-0.39, 0.29) is 149 Å². The number of hydrogen-bond acceptors (Lipinski definition) is 10. The largest absolute Gasteiger partial charge is 0.461 e. The van der Waals surface area contributed by atoms with Gasteiger partial charge in [0.25, 0.3) is 23.6 Å². The van der Waals surface area contributed by atoms with Crippen molar-refractivity contribution in [3.8, 4) is 0 Å². The van der Waals surface area contributed by atoms with Crippen LogP contribution in [0.1, 0.15) is 137 Å². The summed E-state index contributed by atoms with van der Waals surface area (Å²) < 4.78 is 37.8. The molecule has 0 bridgehead atoms. The van der Waals surface area contributed by atoms with Crippen LogP contribution in [0, 0.1) is 11.6 Å². The van der Waals surface area contributed by atoms with Crippen molar-refractivity contribution in [3.63, 3.8) is 0 Å². The zero-order valence-electron chi connectivity index (χ0n) is 45.6. The molecule has 2 aliphatic rings. The summed E-state index contributed by atoms with van der Waals surface area (Å²) in [6, 6.07) is 37.0. The van der Waals surface area contributed by atoms with Crippen molar-refractivity contribution >= 4 is 47.4 Å². The van der Waals surface area contributed by atoms with Crippen LogP contribution in [0.2, 0.25) is 0 Å². The SMILES string of the molecule is O=C(CCCCNC(=O)c1cc2c(cc1C(=O)NCCc1ccc(F)cc1)CN(C(=O)CCC(=O)N1Cc3cc(C(=O)NCCCCC(=O)OCc4ccccc4)c(C(=O)NCCc4ccc(F)cc4)cc3C1)C2)OCc1ccccc1. The summed E-state index contributed by atoms with van der Waals surface area (Å²) in [5.74, 6) is -4.13. The standard InChI is InChI=1S/C64H66F2N6O10/c65-51-21-17-43(18-22-51)27-31-69-63(79)55-35-49-39-71(37-47(49)33-53(55)61(77)67-29-9-7-15-59(75)81-41-45-11-3-1-4-12-45)57(73)25-26-58(74)72-38-48-34-54(62(78)68-30-10-8-16-60(76)82-42-46-13-5-2-6-14-46)56(36-50(48)40-72)64(80)70-32-28-44-19-23-52(66)24-20-44/h1-6,11-14,17-24,33-36H,7-10,15-16,25-32,37-42H2,(H,67,77)(H,68,78)(H,69,79)(H,70,80). The molecular weight excluding hydrogens is 1050 g/mol. The Kier molecular flexibility index (Phi) is 21.2. The number of carbonyl (C=O) groups excluding carboxylic acids is 8. The van der Waals surface area contributed by atoms with Crippen molar-refractivity contribution in [3.05, 3.63) is 212 Å². The molecule has 426 valence electrons. The highest BCUT2D eigenvalue weighted by Crippen LogP contribution is 2.30. The summed E-state index contributed by atoms with van der Waals surface area (Å²) in [5.41, 5.74) is 6.46. The number of benzene rings is 6. The number of halogens is 2. The summed E-state index contributed by atoms with van der Waals surface area (Å²) in [5, 5.41) is 11.5. The molecule has 2 heterocycles. The topological polar surface area (TPSA) is 210 Å². The van der Waals surface area contributed by atoms with E-state index in [9.17, 15) is 47.1 Å². The Morgan fingerprint density at radius 2 is 0.695 bits per heavy atom. The van der Waals surface area contributed by atoms with Crippen LogP contribution in [0.15, 0.2) is 133 Å². The highest BCUT2D eigenvalue weighted by Gasteiger charge is 2.31. The van der Waals surface area contributed by atoms with E-state index in [4.69, 9.17) is 9.47 Å². The number of hydrogen-bond donors (Lipinski definition) is 4. The predicted molar refractivity (Wildman–Crippen MR) is 300 cm³/mol. The highest BCUT2D eigenvalue weighted by atomic mass is 19.1. The monoisotopic (exact) mass is 1120 g/mol. The first-order valence-electron chi connectivity index (χ1n) is 27.6. The Labute approximate surface area is 474 Å². The second-order valence-corrected chi connectivity index (χ2v) is 20.3. The van der Waals surface area contributed by atoms with Gasteiger partial charge in [-0.15, -0.1) is 0 Å². The molecule has 0 radical (unpaired) electrons. The van der Waals surface area contributed by atoms with E-state index < -0.39 is 23.6 Å². The van der Waals surface area contributed by atoms with E-state index >= 15 is 0 Å². The lowest BCUT2D eigenvalue weighted by molar-refractivity contribution is -0.146. The zero-order chi connectivity index (χ0) is 57.8. The molecule has 6 amide bonds. The number of nitrogens with zero attached hydrogens (tertiary/aromatic N) is 2. The van der Waals surface area contributed by atoms with E-state index in [1.54, 1.807) is 58.3 Å². The number of unbranched alkanes of at least 4 members (excludes halogenated alkanes) is 2. The number of rotatable bonds is 27. The highest BCUT2D eigenvalue weighted by molar-refractivity contribution is 6.08. The van der Waals surface area contributed by atoms with Crippen LogP contribution in [0.3, 0.4) is 0 Å². The van der Waals surface area contributed by atoms with Crippen LogP contribution in [0.25, 0.3) is 0 Å². The summed E-state index contributed by atoms with van der Waals surface area (Å²) in [6.45, 7) is 1.73. The van der Waals surface area contributed by atoms with Crippen molar-refractivity contribution in [1.29, 1.82) is 0 Å². The number of carbonyl (C=O) groups is 8. The number of esters is 2. The van der Waals surface area contributed by atoms with E-state index in [1.165, 1.54) is 24.3 Å². The van der Waals surface area contributed by atoms with Crippen molar-refractivity contribution in [2.24, 2.45) is 0 Å². The molecule has 16 nitrogen and oxygen atoms in total. The van der Waals surface area contributed by atoms with Crippen molar-refractivity contribution < 1.29 is 56.6 Å². The zero-order valence-corrected chi connectivity index (χ0v) is 45.6. The fourth-order valence-electron chi connectivity index (χ4n) is 9.67. The fraction of sp³-hybridized carbons (Fsp3) is 0.312. The maximum Gasteiger partial charge on any atom is 0.306 e. The Bertz CT molecular complexity index is 3030. The van der Waals surface area contributed by atoms with Crippen LogP contribution < -0.4 is 21.3 Å². The van der Waals surface area contributed by atoms with Gasteiger partial charge in [-0.1, -0.05) is 84.9 Å². The molecular formula is C64H66F2N6O10. The Hall–Kier alpha value is -9.06. The number of amides is 6. The average molecular weight is 1120 g/mol. The van der Waals surface area contributed by atoms with Crippen LogP contribution in [0.4, 0.5) is 8.78 Å². The fourth-order valence-corrected chi connectivity index (χ4v) is 9.67. The molecule has 2 aliphatic heterocycles. The molecule has 0 aliphatic carbocycles. The average Bonchev–Trinajstić information content (AvgIpc) is 4.13. The molecule has 4 N–H and O–H groups in total. The second kappa shape index (κ2) is 29.4. The van der Waals surface area contributed by atoms with Crippen molar-refractivity contribution in [2.75, 3.05) is 26.2 Å². The number of nitrogens with one attached hydrogen (secondary N) is 4. The van der Waals surface area contributed by atoms with Gasteiger partial charge in [0.15, 0.2) is 0 Å². The third kappa shape index (κ3) is 17.2. The molecule has 0 aromatic heterocycles. The van der Waals surface area contributed by atoms with Crippen LogP contribution in [-0.4, -0.2) is 83.4 Å². The quantitative estimate of drug-likeness (QED) is 0.0286. The molecule has 0 atom stereocenters. The summed E-state index contributed by atoms with van der Waals surface area (Å²) in [7, 11) is 0. The molecule has 0 fully saturated rings. The lowest BCUT2D eigenvalue weighted by atomic mass is 9.98. The minimum Gasteiger partial charge on any atom is -0.461 e. The molecule has 0 unspecified atom stereocenters. The van der Waals surface area contributed by atoms with Gasteiger partial charge in [0.1, 0.15) is 24.8 Å². The first-order valence-corrected chi connectivity index (χ1v) is 27.6. The van der Waals surface area contributed by atoms with Crippen LogP contribution in [0.5, 0.6) is 0 Å². The third-order valence-corrected chi connectivity index (χ3v) is 14.3. The first kappa shape index (κ1) is 59.1. The molecule has 18 heteroatoms.